The Balaban J connectivity index is 1.58. The smallest absolute Gasteiger partial charge is 0.363 e. The fourth-order valence-corrected chi connectivity index (χ4v) is 3.34. The van der Waals surface area contributed by atoms with Crippen LogP contribution in [0.15, 0.2) is 81.9 Å². The van der Waals surface area contributed by atoms with Crippen molar-refractivity contribution in [2.24, 2.45) is 4.99 Å². The third-order valence-corrected chi connectivity index (χ3v) is 5.57. The van der Waals surface area contributed by atoms with Gasteiger partial charge in [-0.1, -0.05) is 69.5 Å². The second-order valence-corrected chi connectivity index (χ2v) is 8.15. The molecule has 3 aromatic rings. The standard InChI is InChI=1S/C23H14BrCl2NO3/c24-17-8-5-14(6-9-17)13-29-21-4-2-1-3-15(21)12-20-23(28)30-22(27-20)16-7-10-18(25)19(26)11-16/h1-12H,13H2/b20-12-. The SMILES string of the molecule is O=C1OC(c2ccc(Cl)c(Cl)c2)=N/C1=C\c1ccccc1OCc1ccc(Br)cc1. The van der Waals surface area contributed by atoms with E-state index in [0.29, 0.717) is 28.0 Å². The molecule has 0 bridgehead atoms. The molecule has 150 valence electrons. The molecular weight excluding hydrogens is 489 g/mol. The first kappa shape index (κ1) is 20.7. The van der Waals surface area contributed by atoms with Gasteiger partial charge in [0.25, 0.3) is 0 Å². The number of carbonyl (C=O) groups excluding carboxylic acids is 1. The minimum atomic E-state index is -0.543. The lowest BCUT2D eigenvalue weighted by Crippen LogP contribution is -2.05. The van der Waals surface area contributed by atoms with Crippen LogP contribution in [0.5, 0.6) is 5.75 Å². The molecule has 0 aromatic heterocycles. The quantitative estimate of drug-likeness (QED) is 0.289. The second kappa shape index (κ2) is 9.04. The first-order valence-electron chi connectivity index (χ1n) is 8.94. The summed E-state index contributed by atoms with van der Waals surface area (Å²) >= 11 is 15.4. The molecule has 4 nitrogen and oxygen atoms in total. The Morgan fingerprint density at radius 3 is 2.53 bits per heavy atom. The summed E-state index contributed by atoms with van der Waals surface area (Å²) in [6.45, 7) is 0.399. The Morgan fingerprint density at radius 1 is 1.00 bits per heavy atom. The van der Waals surface area contributed by atoms with Crippen molar-refractivity contribution >= 4 is 57.1 Å². The molecule has 0 atom stereocenters. The zero-order valence-electron chi connectivity index (χ0n) is 15.4. The van der Waals surface area contributed by atoms with E-state index in [2.05, 4.69) is 20.9 Å². The number of benzene rings is 3. The fraction of sp³-hybridized carbons (Fsp3) is 0.0435. The molecule has 0 radical (unpaired) electrons. The normalized spacial score (nSPS) is 14.6. The van der Waals surface area contributed by atoms with E-state index in [0.717, 1.165) is 15.6 Å². The van der Waals surface area contributed by atoms with Crippen molar-refractivity contribution in [1.29, 1.82) is 0 Å². The lowest BCUT2D eigenvalue weighted by atomic mass is 10.1. The van der Waals surface area contributed by atoms with Gasteiger partial charge in [0, 0.05) is 15.6 Å². The van der Waals surface area contributed by atoms with Gasteiger partial charge < -0.3 is 9.47 Å². The van der Waals surface area contributed by atoms with Gasteiger partial charge in [0.2, 0.25) is 5.90 Å². The predicted octanol–water partition coefficient (Wildman–Crippen LogP) is 6.68. The molecule has 0 unspecified atom stereocenters. The monoisotopic (exact) mass is 501 g/mol. The molecule has 1 heterocycles. The van der Waals surface area contributed by atoms with Gasteiger partial charge >= 0.3 is 5.97 Å². The molecule has 3 aromatic carbocycles. The minimum absolute atomic E-state index is 0.177. The van der Waals surface area contributed by atoms with Crippen LogP contribution in [0, 0.1) is 0 Å². The number of esters is 1. The topological polar surface area (TPSA) is 47.9 Å². The molecule has 0 saturated carbocycles. The Hall–Kier alpha value is -2.60. The molecule has 1 aliphatic heterocycles. The van der Waals surface area contributed by atoms with Crippen LogP contribution in [-0.2, 0) is 16.1 Å². The van der Waals surface area contributed by atoms with Crippen molar-refractivity contribution in [2.75, 3.05) is 0 Å². The number of hydrogen-bond donors (Lipinski definition) is 0. The Kier molecular flexibility index (Phi) is 6.23. The van der Waals surface area contributed by atoms with E-state index in [1.165, 1.54) is 0 Å². The van der Waals surface area contributed by atoms with Crippen LogP contribution in [0.3, 0.4) is 0 Å². The summed E-state index contributed by atoms with van der Waals surface area (Å²) in [7, 11) is 0. The molecule has 0 aliphatic carbocycles. The summed E-state index contributed by atoms with van der Waals surface area (Å²) in [6.07, 6.45) is 1.64. The highest BCUT2D eigenvalue weighted by Crippen LogP contribution is 2.28. The summed E-state index contributed by atoms with van der Waals surface area (Å²) in [5.74, 6) is 0.274. The number of rotatable bonds is 5. The van der Waals surface area contributed by atoms with E-state index in [4.69, 9.17) is 32.7 Å². The van der Waals surface area contributed by atoms with Gasteiger partial charge in [-0.05, 0) is 48.0 Å². The number of cyclic esters (lactones) is 1. The second-order valence-electron chi connectivity index (χ2n) is 6.42. The molecular formula is C23H14BrCl2NO3. The van der Waals surface area contributed by atoms with E-state index < -0.39 is 5.97 Å². The number of carbonyl (C=O) groups is 1. The maximum atomic E-state index is 12.3. The summed E-state index contributed by atoms with van der Waals surface area (Å²) in [4.78, 5) is 16.6. The summed E-state index contributed by atoms with van der Waals surface area (Å²) in [6, 6.07) is 20.2. The van der Waals surface area contributed by atoms with Crippen LogP contribution in [0.2, 0.25) is 10.0 Å². The van der Waals surface area contributed by atoms with Gasteiger partial charge in [-0.15, -0.1) is 0 Å². The average molecular weight is 503 g/mol. The first-order chi connectivity index (χ1) is 14.5. The molecule has 0 N–H and O–H groups in total. The summed E-state index contributed by atoms with van der Waals surface area (Å²) in [5.41, 5.74) is 2.50. The number of aliphatic imine (C=N–C) groups is 1. The molecule has 30 heavy (non-hydrogen) atoms. The van der Waals surface area contributed by atoms with Crippen molar-refractivity contribution in [2.45, 2.75) is 6.61 Å². The van der Waals surface area contributed by atoms with Crippen LogP contribution in [-0.4, -0.2) is 11.9 Å². The third kappa shape index (κ3) is 4.75. The molecule has 0 amide bonds. The highest BCUT2D eigenvalue weighted by Gasteiger charge is 2.25. The maximum absolute atomic E-state index is 12.3. The lowest BCUT2D eigenvalue weighted by molar-refractivity contribution is -0.129. The Bertz CT molecular complexity index is 1170. The first-order valence-corrected chi connectivity index (χ1v) is 10.5. The third-order valence-electron chi connectivity index (χ3n) is 4.31. The largest absolute Gasteiger partial charge is 0.488 e. The predicted molar refractivity (Wildman–Crippen MR) is 122 cm³/mol. The molecule has 1 aliphatic rings. The number of halogens is 3. The van der Waals surface area contributed by atoms with Crippen LogP contribution in [0.25, 0.3) is 6.08 Å². The number of ether oxygens (including phenoxy) is 2. The van der Waals surface area contributed by atoms with Crippen molar-refractivity contribution in [3.63, 3.8) is 0 Å². The van der Waals surface area contributed by atoms with Crippen LogP contribution >= 0.6 is 39.1 Å². The molecule has 0 fully saturated rings. The fourth-order valence-electron chi connectivity index (χ4n) is 2.78. The zero-order valence-corrected chi connectivity index (χ0v) is 18.5. The molecule has 0 saturated heterocycles. The highest BCUT2D eigenvalue weighted by atomic mass is 79.9. The van der Waals surface area contributed by atoms with Crippen molar-refractivity contribution < 1.29 is 14.3 Å². The minimum Gasteiger partial charge on any atom is -0.488 e. The summed E-state index contributed by atoms with van der Waals surface area (Å²) < 4.78 is 12.3. The molecule has 4 rings (SSSR count). The van der Waals surface area contributed by atoms with Crippen LogP contribution in [0.4, 0.5) is 0 Å². The van der Waals surface area contributed by atoms with E-state index in [9.17, 15) is 4.79 Å². The van der Waals surface area contributed by atoms with E-state index >= 15 is 0 Å². The van der Waals surface area contributed by atoms with Gasteiger partial charge in [0.1, 0.15) is 12.4 Å². The number of nitrogens with zero attached hydrogens (tertiary/aromatic N) is 1. The van der Waals surface area contributed by atoms with Crippen molar-refractivity contribution in [1.82, 2.24) is 0 Å². The van der Waals surface area contributed by atoms with Crippen molar-refractivity contribution in [3.8, 4) is 5.75 Å². The Labute approximate surface area is 191 Å². The number of hydrogen-bond acceptors (Lipinski definition) is 4. The average Bonchev–Trinajstić information content (AvgIpc) is 3.11. The van der Waals surface area contributed by atoms with Crippen LogP contribution in [0.1, 0.15) is 16.7 Å². The lowest BCUT2D eigenvalue weighted by Gasteiger charge is -2.09. The molecule has 7 heteroatoms. The van der Waals surface area contributed by atoms with Gasteiger partial charge in [0.15, 0.2) is 5.70 Å². The van der Waals surface area contributed by atoms with E-state index in [1.54, 1.807) is 24.3 Å². The van der Waals surface area contributed by atoms with E-state index in [1.807, 2.05) is 48.5 Å². The van der Waals surface area contributed by atoms with Gasteiger partial charge in [0.05, 0.1) is 10.0 Å². The zero-order chi connectivity index (χ0) is 21.1. The van der Waals surface area contributed by atoms with Crippen LogP contribution < -0.4 is 4.74 Å². The highest BCUT2D eigenvalue weighted by molar-refractivity contribution is 9.10. The maximum Gasteiger partial charge on any atom is 0.363 e. The van der Waals surface area contributed by atoms with Gasteiger partial charge in [-0.3, -0.25) is 0 Å². The molecule has 0 spiro atoms. The van der Waals surface area contributed by atoms with Crippen molar-refractivity contribution in [3.05, 3.63) is 104 Å². The van der Waals surface area contributed by atoms with Gasteiger partial charge in [-0.2, -0.15) is 0 Å². The summed E-state index contributed by atoms with van der Waals surface area (Å²) in [5, 5.41) is 0.773. The Morgan fingerprint density at radius 2 is 1.77 bits per heavy atom. The van der Waals surface area contributed by atoms with E-state index in [-0.39, 0.29) is 11.6 Å². The number of para-hydroxylation sites is 1. The van der Waals surface area contributed by atoms with Gasteiger partial charge in [-0.25, -0.2) is 9.79 Å².